The zero-order valence-electron chi connectivity index (χ0n) is 13.9. The van der Waals surface area contributed by atoms with Crippen molar-refractivity contribution in [3.05, 3.63) is 36.7 Å². The van der Waals surface area contributed by atoms with E-state index < -0.39 is 0 Å². The molecule has 0 atom stereocenters. The van der Waals surface area contributed by atoms with Crippen LogP contribution in [0.4, 0.5) is 17.3 Å². The van der Waals surface area contributed by atoms with E-state index in [1.165, 1.54) is 5.69 Å². The fraction of sp³-hybridized carbons (Fsp3) is 0.412. The van der Waals surface area contributed by atoms with E-state index in [0.29, 0.717) is 0 Å². The predicted octanol–water partition coefficient (Wildman–Crippen LogP) is 1.88. The van der Waals surface area contributed by atoms with Crippen molar-refractivity contribution in [3.8, 4) is 5.75 Å². The third kappa shape index (κ3) is 3.47. The van der Waals surface area contributed by atoms with Gasteiger partial charge in [-0.15, -0.1) is 0 Å². The summed E-state index contributed by atoms with van der Waals surface area (Å²) in [6.07, 6.45) is 1.64. The summed E-state index contributed by atoms with van der Waals surface area (Å²) in [5, 5.41) is 0. The third-order valence-corrected chi connectivity index (χ3v) is 4.14. The van der Waals surface area contributed by atoms with Crippen LogP contribution in [0.25, 0.3) is 0 Å². The van der Waals surface area contributed by atoms with Crippen LogP contribution in [0.15, 0.2) is 36.7 Å². The van der Waals surface area contributed by atoms with Gasteiger partial charge in [-0.3, -0.25) is 0 Å². The lowest BCUT2D eigenvalue weighted by Gasteiger charge is -2.36. The molecule has 6 heteroatoms. The highest BCUT2D eigenvalue weighted by Crippen LogP contribution is 2.22. The van der Waals surface area contributed by atoms with Gasteiger partial charge in [-0.2, -0.15) is 0 Å². The molecule has 1 aliphatic rings. The molecule has 0 spiro atoms. The Morgan fingerprint density at radius 3 is 2.22 bits per heavy atom. The quantitative estimate of drug-likeness (QED) is 0.859. The fourth-order valence-corrected chi connectivity index (χ4v) is 2.74. The largest absolute Gasteiger partial charge is 0.497 e. The summed E-state index contributed by atoms with van der Waals surface area (Å²) in [7, 11) is 5.68. The van der Waals surface area contributed by atoms with Gasteiger partial charge in [-0.25, -0.2) is 9.97 Å². The number of ether oxygens (including phenoxy) is 1. The van der Waals surface area contributed by atoms with Crippen molar-refractivity contribution in [2.45, 2.75) is 0 Å². The predicted molar refractivity (Wildman–Crippen MR) is 93.8 cm³/mol. The average Bonchev–Trinajstić information content (AvgIpc) is 2.62. The van der Waals surface area contributed by atoms with Crippen molar-refractivity contribution >= 4 is 17.3 Å². The van der Waals surface area contributed by atoms with E-state index in [4.69, 9.17) is 4.74 Å². The monoisotopic (exact) mass is 313 g/mol. The molecule has 0 saturated carbocycles. The molecule has 3 rings (SSSR count). The van der Waals surface area contributed by atoms with Crippen LogP contribution < -0.4 is 19.4 Å². The number of benzene rings is 1. The zero-order valence-corrected chi connectivity index (χ0v) is 13.9. The van der Waals surface area contributed by atoms with E-state index in [0.717, 1.165) is 43.6 Å². The van der Waals surface area contributed by atoms with Gasteiger partial charge in [0.2, 0.25) is 0 Å². The second-order valence-electron chi connectivity index (χ2n) is 5.80. The summed E-state index contributed by atoms with van der Waals surface area (Å²) >= 11 is 0. The van der Waals surface area contributed by atoms with Gasteiger partial charge >= 0.3 is 0 Å². The second-order valence-corrected chi connectivity index (χ2v) is 5.80. The second kappa shape index (κ2) is 6.73. The number of methoxy groups -OCH3 is 1. The van der Waals surface area contributed by atoms with Crippen LogP contribution in [0.2, 0.25) is 0 Å². The summed E-state index contributed by atoms with van der Waals surface area (Å²) in [6.45, 7) is 3.87. The van der Waals surface area contributed by atoms with Gasteiger partial charge in [-0.1, -0.05) is 0 Å². The van der Waals surface area contributed by atoms with Crippen molar-refractivity contribution in [3.63, 3.8) is 0 Å². The Kier molecular flexibility index (Phi) is 4.50. The lowest BCUT2D eigenvalue weighted by Crippen LogP contribution is -2.46. The standard InChI is InChI=1S/C17H23N5O/c1-20(2)16-12-17(19-13-18-16)22-10-8-21(9-11-22)14-4-6-15(23-3)7-5-14/h4-7,12-13H,8-11H2,1-3H3. The molecule has 0 aliphatic carbocycles. The normalized spacial score (nSPS) is 14.7. The van der Waals surface area contributed by atoms with Crippen molar-refractivity contribution in [2.24, 2.45) is 0 Å². The van der Waals surface area contributed by atoms with E-state index >= 15 is 0 Å². The average molecular weight is 313 g/mol. The summed E-state index contributed by atoms with van der Waals surface area (Å²) < 4.78 is 5.22. The maximum Gasteiger partial charge on any atom is 0.134 e. The molecular weight excluding hydrogens is 290 g/mol. The molecule has 6 nitrogen and oxygen atoms in total. The summed E-state index contributed by atoms with van der Waals surface area (Å²) in [4.78, 5) is 15.4. The van der Waals surface area contributed by atoms with Crippen molar-refractivity contribution in [1.82, 2.24) is 9.97 Å². The minimum Gasteiger partial charge on any atom is -0.497 e. The molecule has 0 N–H and O–H groups in total. The van der Waals surface area contributed by atoms with Crippen LogP contribution in [-0.4, -0.2) is 57.4 Å². The molecule has 1 fully saturated rings. The minimum absolute atomic E-state index is 0.893. The molecule has 23 heavy (non-hydrogen) atoms. The van der Waals surface area contributed by atoms with Crippen LogP contribution in [0.1, 0.15) is 0 Å². The minimum atomic E-state index is 0.893. The highest BCUT2D eigenvalue weighted by molar-refractivity contribution is 5.53. The highest BCUT2D eigenvalue weighted by atomic mass is 16.5. The van der Waals surface area contributed by atoms with Crippen molar-refractivity contribution in [1.29, 1.82) is 0 Å². The Morgan fingerprint density at radius 2 is 1.61 bits per heavy atom. The Balaban J connectivity index is 1.64. The number of aromatic nitrogens is 2. The number of hydrogen-bond donors (Lipinski definition) is 0. The Hall–Kier alpha value is -2.50. The molecule has 1 aromatic heterocycles. The highest BCUT2D eigenvalue weighted by Gasteiger charge is 2.19. The first-order valence-electron chi connectivity index (χ1n) is 7.80. The van der Waals surface area contributed by atoms with E-state index in [1.807, 2.05) is 37.2 Å². The maximum atomic E-state index is 5.22. The van der Waals surface area contributed by atoms with Crippen LogP contribution in [0.3, 0.4) is 0 Å². The zero-order chi connectivity index (χ0) is 16.2. The van der Waals surface area contributed by atoms with Gasteiger partial charge in [0.25, 0.3) is 0 Å². The molecule has 1 aliphatic heterocycles. The van der Waals surface area contributed by atoms with E-state index in [1.54, 1.807) is 13.4 Å². The SMILES string of the molecule is COc1ccc(N2CCN(c3cc(N(C)C)ncn3)CC2)cc1. The Morgan fingerprint density at radius 1 is 0.957 bits per heavy atom. The molecular formula is C17H23N5O. The Bertz CT molecular complexity index is 636. The van der Waals surface area contributed by atoms with Crippen LogP contribution in [-0.2, 0) is 0 Å². The van der Waals surface area contributed by atoms with E-state index in [9.17, 15) is 0 Å². The number of piperazine rings is 1. The van der Waals surface area contributed by atoms with Gasteiger partial charge < -0.3 is 19.4 Å². The number of anilines is 3. The topological polar surface area (TPSA) is 44.7 Å². The van der Waals surface area contributed by atoms with Gasteiger partial charge in [0.05, 0.1) is 7.11 Å². The van der Waals surface area contributed by atoms with Crippen LogP contribution in [0, 0.1) is 0 Å². The van der Waals surface area contributed by atoms with Crippen LogP contribution >= 0.6 is 0 Å². The molecule has 1 saturated heterocycles. The van der Waals surface area contributed by atoms with Gasteiger partial charge in [0, 0.05) is 52.0 Å². The van der Waals surface area contributed by atoms with E-state index in [2.05, 4.69) is 31.9 Å². The first-order valence-corrected chi connectivity index (χ1v) is 7.80. The number of rotatable bonds is 4. The van der Waals surface area contributed by atoms with Gasteiger partial charge in [0.15, 0.2) is 0 Å². The molecule has 1 aromatic carbocycles. The summed E-state index contributed by atoms with van der Waals surface area (Å²) in [5.74, 6) is 2.83. The summed E-state index contributed by atoms with van der Waals surface area (Å²) in [6, 6.07) is 10.3. The maximum absolute atomic E-state index is 5.22. The molecule has 0 radical (unpaired) electrons. The first kappa shape index (κ1) is 15.4. The fourth-order valence-electron chi connectivity index (χ4n) is 2.74. The molecule has 122 valence electrons. The van der Waals surface area contributed by atoms with Gasteiger partial charge in [0.1, 0.15) is 23.7 Å². The van der Waals surface area contributed by atoms with Gasteiger partial charge in [-0.05, 0) is 24.3 Å². The summed E-state index contributed by atoms with van der Waals surface area (Å²) in [5.41, 5.74) is 1.24. The molecule has 2 aromatic rings. The number of nitrogens with zero attached hydrogens (tertiary/aromatic N) is 5. The Labute approximate surface area is 137 Å². The molecule has 0 bridgehead atoms. The third-order valence-electron chi connectivity index (χ3n) is 4.14. The smallest absolute Gasteiger partial charge is 0.134 e. The van der Waals surface area contributed by atoms with Crippen molar-refractivity contribution in [2.75, 3.05) is 62.1 Å². The molecule has 2 heterocycles. The molecule has 0 unspecified atom stereocenters. The lowest BCUT2D eigenvalue weighted by molar-refractivity contribution is 0.415. The van der Waals surface area contributed by atoms with E-state index in [-0.39, 0.29) is 0 Å². The first-order chi connectivity index (χ1) is 11.2. The van der Waals surface area contributed by atoms with Crippen LogP contribution in [0.5, 0.6) is 5.75 Å². The van der Waals surface area contributed by atoms with Crippen molar-refractivity contribution < 1.29 is 4.74 Å². The number of hydrogen-bond acceptors (Lipinski definition) is 6. The molecule has 0 amide bonds. The lowest BCUT2D eigenvalue weighted by atomic mass is 10.2.